The average Bonchev–Trinajstić information content (AvgIpc) is 3.60. The third kappa shape index (κ3) is 3.40. The second-order valence-corrected chi connectivity index (χ2v) is 8.11. The number of nitrogens with zero attached hydrogens (tertiary/aromatic N) is 4. The maximum absolute atomic E-state index is 5.46. The zero-order valence-corrected chi connectivity index (χ0v) is 18.1. The maximum Gasteiger partial charge on any atom is 0.258 e. The van der Waals surface area contributed by atoms with Crippen molar-refractivity contribution in [1.82, 2.24) is 25.1 Å². The van der Waals surface area contributed by atoms with E-state index in [0.29, 0.717) is 11.7 Å². The summed E-state index contributed by atoms with van der Waals surface area (Å²) >= 11 is 3.43. The standard InChI is InChI=1S/C24H14BrN5O2/c25-18-8-5-16(6-9-18)24-29-23(30-32-24)17-7-10-19-20(11-17)28-22(27-19)15-3-1-14(2-4-15)21-12-26-13-31-21/h1-13H,(H,27,28). The molecule has 0 amide bonds. The Morgan fingerprint density at radius 3 is 2.31 bits per heavy atom. The van der Waals surface area contributed by atoms with Crippen molar-refractivity contribution in [3.05, 3.63) is 83.8 Å². The number of fused-ring (bicyclic) bond motifs is 1. The van der Waals surface area contributed by atoms with Crippen LogP contribution in [0.15, 0.2) is 92.7 Å². The van der Waals surface area contributed by atoms with Gasteiger partial charge in [-0.25, -0.2) is 9.97 Å². The lowest BCUT2D eigenvalue weighted by molar-refractivity contribution is 0.432. The van der Waals surface area contributed by atoms with Crippen molar-refractivity contribution in [2.75, 3.05) is 0 Å². The highest BCUT2D eigenvalue weighted by molar-refractivity contribution is 9.10. The largest absolute Gasteiger partial charge is 0.444 e. The van der Waals surface area contributed by atoms with Crippen LogP contribution < -0.4 is 0 Å². The first-order chi connectivity index (χ1) is 15.7. The summed E-state index contributed by atoms with van der Waals surface area (Å²) in [6.45, 7) is 0. The molecule has 6 rings (SSSR count). The number of H-pyrrole nitrogens is 1. The van der Waals surface area contributed by atoms with E-state index in [4.69, 9.17) is 13.9 Å². The van der Waals surface area contributed by atoms with Crippen molar-refractivity contribution in [2.45, 2.75) is 0 Å². The number of benzene rings is 3. The molecule has 0 unspecified atom stereocenters. The number of imidazole rings is 1. The van der Waals surface area contributed by atoms with Gasteiger partial charge in [-0.05, 0) is 42.5 Å². The van der Waals surface area contributed by atoms with Gasteiger partial charge in [0.15, 0.2) is 12.2 Å². The molecule has 0 aliphatic heterocycles. The van der Waals surface area contributed by atoms with E-state index in [1.165, 1.54) is 6.39 Å². The fourth-order valence-corrected chi connectivity index (χ4v) is 3.75. The molecular weight excluding hydrogens is 470 g/mol. The van der Waals surface area contributed by atoms with Crippen LogP contribution >= 0.6 is 15.9 Å². The van der Waals surface area contributed by atoms with E-state index < -0.39 is 0 Å². The molecule has 154 valence electrons. The summed E-state index contributed by atoms with van der Waals surface area (Å²) in [5.41, 5.74) is 5.41. The molecule has 1 N–H and O–H groups in total. The van der Waals surface area contributed by atoms with E-state index >= 15 is 0 Å². The van der Waals surface area contributed by atoms with Crippen molar-refractivity contribution >= 4 is 27.0 Å². The Balaban J connectivity index is 1.30. The third-order valence-corrected chi connectivity index (χ3v) is 5.66. The second kappa shape index (κ2) is 7.58. The monoisotopic (exact) mass is 483 g/mol. The Morgan fingerprint density at radius 1 is 0.781 bits per heavy atom. The first kappa shape index (κ1) is 18.7. The fraction of sp³-hybridized carbons (Fsp3) is 0. The molecule has 0 saturated carbocycles. The highest BCUT2D eigenvalue weighted by atomic mass is 79.9. The molecule has 7 nitrogen and oxygen atoms in total. The smallest absolute Gasteiger partial charge is 0.258 e. The Morgan fingerprint density at radius 2 is 1.53 bits per heavy atom. The van der Waals surface area contributed by atoms with Crippen LogP contribution in [0.1, 0.15) is 0 Å². The topological polar surface area (TPSA) is 93.6 Å². The molecule has 0 radical (unpaired) electrons. The number of hydrogen-bond donors (Lipinski definition) is 1. The number of aromatic amines is 1. The van der Waals surface area contributed by atoms with E-state index in [1.54, 1.807) is 6.20 Å². The summed E-state index contributed by atoms with van der Waals surface area (Å²) in [7, 11) is 0. The molecule has 0 aliphatic rings. The minimum Gasteiger partial charge on any atom is -0.444 e. The quantitative estimate of drug-likeness (QED) is 0.313. The number of rotatable bonds is 4. The summed E-state index contributed by atoms with van der Waals surface area (Å²) < 4.78 is 11.8. The van der Waals surface area contributed by atoms with Crippen LogP contribution in [0.5, 0.6) is 0 Å². The lowest BCUT2D eigenvalue weighted by atomic mass is 10.1. The molecule has 0 aliphatic carbocycles. The van der Waals surface area contributed by atoms with Gasteiger partial charge in [-0.3, -0.25) is 0 Å². The molecule has 3 aromatic heterocycles. The number of nitrogens with one attached hydrogen (secondary N) is 1. The molecule has 0 bridgehead atoms. The Labute approximate surface area is 190 Å². The molecule has 0 saturated heterocycles. The average molecular weight is 484 g/mol. The Bertz CT molecular complexity index is 1520. The number of aromatic nitrogens is 5. The van der Waals surface area contributed by atoms with Crippen molar-refractivity contribution in [2.24, 2.45) is 0 Å². The normalized spacial score (nSPS) is 11.3. The molecule has 6 aromatic rings. The number of hydrogen-bond acceptors (Lipinski definition) is 6. The van der Waals surface area contributed by atoms with Gasteiger partial charge in [0.2, 0.25) is 5.82 Å². The predicted molar refractivity (Wildman–Crippen MR) is 123 cm³/mol. The van der Waals surface area contributed by atoms with E-state index in [0.717, 1.165) is 49.3 Å². The summed E-state index contributed by atoms with van der Waals surface area (Å²) in [4.78, 5) is 16.6. The van der Waals surface area contributed by atoms with Gasteiger partial charge in [-0.1, -0.05) is 45.4 Å². The lowest BCUT2D eigenvalue weighted by Gasteiger charge is -1.99. The van der Waals surface area contributed by atoms with E-state index in [-0.39, 0.29) is 0 Å². The van der Waals surface area contributed by atoms with Crippen LogP contribution in [0.4, 0.5) is 0 Å². The van der Waals surface area contributed by atoms with Gasteiger partial charge in [0.05, 0.1) is 17.2 Å². The molecule has 8 heteroatoms. The minimum atomic E-state index is 0.477. The zero-order valence-electron chi connectivity index (χ0n) is 16.5. The first-order valence-corrected chi connectivity index (χ1v) is 10.6. The van der Waals surface area contributed by atoms with Crippen molar-refractivity contribution in [1.29, 1.82) is 0 Å². The maximum atomic E-state index is 5.46. The van der Waals surface area contributed by atoms with Gasteiger partial charge < -0.3 is 13.9 Å². The third-order valence-electron chi connectivity index (χ3n) is 5.13. The van der Waals surface area contributed by atoms with Gasteiger partial charge >= 0.3 is 0 Å². The Hall–Kier alpha value is -4.04. The molecular formula is C24H14BrN5O2. The van der Waals surface area contributed by atoms with Gasteiger partial charge in [0.25, 0.3) is 5.89 Å². The fourth-order valence-electron chi connectivity index (χ4n) is 3.49. The van der Waals surface area contributed by atoms with Crippen LogP contribution in [-0.4, -0.2) is 25.1 Å². The van der Waals surface area contributed by atoms with Crippen LogP contribution in [0.25, 0.3) is 56.6 Å². The number of halogens is 1. The predicted octanol–water partition coefficient (Wildman–Crippen LogP) is 6.36. The van der Waals surface area contributed by atoms with Gasteiger partial charge in [0.1, 0.15) is 5.82 Å². The van der Waals surface area contributed by atoms with Crippen LogP contribution in [-0.2, 0) is 0 Å². The first-order valence-electron chi connectivity index (χ1n) is 9.82. The van der Waals surface area contributed by atoms with Crippen molar-refractivity contribution in [3.63, 3.8) is 0 Å². The highest BCUT2D eigenvalue weighted by Crippen LogP contribution is 2.28. The Kier molecular flexibility index (Phi) is 4.43. The molecule has 0 spiro atoms. The summed E-state index contributed by atoms with van der Waals surface area (Å²) in [5, 5.41) is 4.14. The summed E-state index contributed by atoms with van der Waals surface area (Å²) in [6.07, 6.45) is 3.11. The van der Waals surface area contributed by atoms with E-state index in [9.17, 15) is 0 Å². The molecule has 3 heterocycles. The SMILES string of the molecule is Brc1ccc(-c2nc(-c3ccc4nc(-c5ccc(-c6cnco6)cc5)[nH]c4c3)no2)cc1. The molecule has 0 fully saturated rings. The summed E-state index contributed by atoms with van der Waals surface area (Å²) in [5.74, 6) is 2.51. The van der Waals surface area contributed by atoms with Crippen molar-refractivity contribution < 1.29 is 8.94 Å². The molecule has 0 atom stereocenters. The van der Waals surface area contributed by atoms with Gasteiger partial charge in [0, 0.05) is 26.7 Å². The minimum absolute atomic E-state index is 0.477. The number of oxazole rings is 1. The van der Waals surface area contributed by atoms with E-state index in [2.05, 4.69) is 36.0 Å². The van der Waals surface area contributed by atoms with Crippen LogP contribution in [0, 0.1) is 0 Å². The highest BCUT2D eigenvalue weighted by Gasteiger charge is 2.13. The second-order valence-electron chi connectivity index (χ2n) is 7.19. The van der Waals surface area contributed by atoms with Crippen LogP contribution in [0.2, 0.25) is 0 Å². The molecule has 32 heavy (non-hydrogen) atoms. The zero-order chi connectivity index (χ0) is 21.5. The lowest BCUT2D eigenvalue weighted by Crippen LogP contribution is -1.82. The van der Waals surface area contributed by atoms with Gasteiger partial charge in [-0.2, -0.15) is 4.98 Å². The van der Waals surface area contributed by atoms with Gasteiger partial charge in [-0.15, -0.1) is 0 Å². The van der Waals surface area contributed by atoms with Crippen LogP contribution in [0.3, 0.4) is 0 Å². The molecule has 3 aromatic carbocycles. The summed E-state index contributed by atoms with van der Waals surface area (Å²) in [6, 6.07) is 21.6. The van der Waals surface area contributed by atoms with E-state index in [1.807, 2.05) is 66.7 Å². The van der Waals surface area contributed by atoms with Crippen molar-refractivity contribution in [3.8, 4) is 45.6 Å².